The molecule has 3 heterocycles. The third-order valence-electron chi connectivity index (χ3n) is 4.84. The van der Waals surface area contributed by atoms with Crippen LogP contribution in [0.1, 0.15) is 29.3 Å². The highest BCUT2D eigenvalue weighted by Crippen LogP contribution is 2.22. The van der Waals surface area contributed by atoms with Crippen LogP contribution in [0.15, 0.2) is 55.0 Å². The Morgan fingerprint density at radius 3 is 2.64 bits per heavy atom. The van der Waals surface area contributed by atoms with E-state index in [2.05, 4.69) is 46.1 Å². The molecule has 2 aromatic heterocycles. The zero-order valence-corrected chi connectivity index (χ0v) is 14.5. The molecule has 126 valence electrons. The summed E-state index contributed by atoms with van der Waals surface area (Å²) >= 11 is 0. The summed E-state index contributed by atoms with van der Waals surface area (Å²) in [5.74, 6) is 0.797. The van der Waals surface area contributed by atoms with Gasteiger partial charge in [0.2, 0.25) is 0 Å². The molecule has 0 saturated carbocycles. The highest BCUT2D eigenvalue weighted by molar-refractivity contribution is 5.54. The first kappa shape index (κ1) is 15.9. The number of aromatic nitrogens is 3. The minimum absolute atomic E-state index is 0.797. The Labute approximate surface area is 148 Å². The molecule has 3 aromatic rings. The van der Waals surface area contributed by atoms with E-state index in [0.717, 1.165) is 43.9 Å². The van der Waals surface area contributed by atoms with Crippen LogP contribution in [0.3, 0.4) is 0 Å². The molecule has 4 rings (SSSR count). The van der Waals surface area contributed by atoms with Crippen molar-refractivity contribution < 1.29 is 0 Å². The number of hydrogen-bond acceptors (Lipinski definition) is 4. The lowest BCUT2D eigenvalue weighted by atomic mass is 10.0. The van der Waals surface area contributed by atoms with Crippen LogP contribution < -0.4 is 0 Å². The number of aryl methyl sites for hydroxylation is 1. The van der Waals surface area contributed by atoms with Gasteiger partial charge in [-0.3, -0.25) is 9.88 Å². The predicted molar refractivity (Wildman–Crippen MR) is 98.9 cm³/mol. The van der Waals surface area contributed by atoms with Crippen LogP contribution in [0.25, 0.3) is 11.4 Å². The number of rotatable bonds is 4. The molecule has 0 bridgehead atoms. The largest absolute Gasteiger partial charge is 0.294 e. The first-order chi connectivity index (χ1) is 12.3. The third-order valence-corrected chi connectivity index (χ3v) is 4.84. The van der Waals surface area contributed by atoms with Gasteiger partial charge in [0.15, 0.2) is 5.82 Å². The first-order valence-corrected chi connectivity index (χ1v) is 8.88. The molecule has 25 heavy (non-hydrogen) atoms. The highest BCUT2D eigenvalue weighted by Gasteiger charge is 2.19. The second kappa shape index (κ2) is 7.11. The van der Waals surface area contributed by atoms with E-state index in [1.165, 1.54) is 22.4 Å². The molecule has 1 aliphatic heterocycles. The van der Waals surface area contributed by atoms with Crippen molar-refractivity contribution in [2.24, 2.45) is 0 Å². The first-order valence-electron chi connectivity index (χ1n) is 8.88. The fourth-order valence-electron chi connectivity index (χ4n) is 3.45. The van der Waals surface area contributed by atoms with Crippen molar-refractivity contribution in [3.63, 3.8) is 0 Å². The van der Waals surface area contributed by atoms with Crippen LogP contribution in [0, 0.1) is 0 Å². The summed E-state index contributed by atoms with van der Waals surface area (Å²) in [7, 11) is 0. The Morgan fingerprint density at radius 1 is 1.04 bits per heavy atom. The number of pyridine rings is 1. The predicted octanol–water partition coefficient (Wildman–Crippen LogP) is 3.66. The Hall–Kier alpha value is -2.59. The standard InChI is InChI=1S/C21H22N4/c1-2-16-5-3-4-6-18(16)14-25-12-9-20-19(15-25)13-23-21(24-20)17-7-10-22-11-8-17/h3-8,10-11,13H,2,9,12,14-15H2,1H3. The molecule has 0 atom stereocenters. The van der Waals surface area contributed by atoms with Gasteiger partial charge in [-0.05, 0) is 29.7 Å². The summed E-state index contributed by atoms with van der Waals surface area (Å²) in [6, 6.07) is 12.7. The molecule has 0 spiro atoms. The summed E-state index contributed by atoms with van der Waals surface area (Å²) in [6.45, 7) is 5.18. The Morgan fingerprint density at radius 2 is 1.84 bits per heavy atom. The van der Waals surface area contributed by atoms with Crippen LogP contribution in [-0.4, -0.2) is 26.4 Å². The number of fused-ring (bicyclic) bond motifs is 1. The maximum absolute atomic E-state index is 4.79. The third kappa shape index (κ3) is 3.44. The van der Waals surface area contributed by atoms with Crippen molar-refractivity contribution in [2.45, 2.75) is 32.9 Å². The van der Waals surface area contributed by atoms with Crippen molar-refractivity contribution in [1.29, 1.82) is 0 Å². The van der Waals surface area contributed by atoms with E-state index in [1.807, 2.05) is 18.3 Å². The van der Waals surface area contributed by atoms with Crippen LogP contribution in [0.5, 0.6) is 0 Å². The zero-order valence-electron chi connectivity index (χ0n) is 14.5. The lowest BCUT2D eigenvalue weighted by molar-refractivity contribution is 0.242. The normalized spacial score (nSPS) is 14.3. The molecule has 0 radical (unpaired) electrons. The van der Waals surface area contributed by atoms with E-state index < -0.39 is 0 Å². The summed E-state index contributed by atoms with van der Waals surface area (Å²) in [6.07, 6.45) is 7.62. The number of hydrogen-bond donors (Lipinski definition) is 0. The Bertz CT molecular complexity index is 861. The molecule has 0 aliphatic carbocycles. The Kier molecular flexibility index (Phi) is 4.53. The molecule has 0 N–H and O–H groups in total. The summed E-state index contributed by atoms with van der Waals surface area (Å²) in [4.78, 5) is 15.9. The van der Waals surface area contributed by atoms with E-state index in [1.54, 1.807) is 12.4 Å². The fraction of sp³-hybridized carbons (Fsp3) is 0.286. The van der Waals surface area contributed by atoms with E-state index in [0.29, 0.717) is 0 Å². The van der Waals surface area contributed by atoms with Gasteiger partial charge in [-0.25, -0.2) is 9.97 Å². The molecule has 0 fully saturated rings. The Balaban J connectivity index is 1.52. The highest BCUT2D eigenvalue weighted by atomic mass is 15.1. The molecular formula is C21H22N4. The van der Waals surface area contributed by atoms with Crippen LogP contribution in [-0.2, 0) is 25.9 Å². The van der Waals surface area contributed by atoms with Gasteiger partial charge in [0.05, 0.1) is 5.69 Å². The molecule has 1 aliphatic rings. The second-order valence-corrected chi connectivity index (χ2v) is 6.48. The van der Waals surface area contributed by atoms with E-state index in [9.17, 15) is 0 Å². The average molecular weight is 330 g/mol. The van der Waals surface area contributed by atoms with Crippen LogP contribution >= 0.6 is 0 Å². The number of benzene rings is 1. The average Bonchev–Trinajstić information content (AvgIpc) is 2.68. The SMILES string of the molecule is CCc1ccccc1CN1CCc2nc(-c3ccncc3)ncc2C1. The lowest BCUT2D eigenvalue weighted by Crippen LogP contribution is -2.31. The quantitative estimate of drug-likeness (QED) is 0.732. The molecule has 4 nitrogen and oxygen atoms in total. The van der Waals surface area contributed by atoms with E-state index in [-0.39, 0.29) is 0 Å². The van der Waals surface area contributed by atoms with E-state index in [4.69, 9.17) is 4.98 Å². The maximum atomic E-state index is 4.79. The smallest absolute Gasteiger partial charge is 0.159 e. The maximum Gasteiger partial charge on any atom is 0.159 e. The van der Waals surface area contributed by atoms with Crippen molar-refractivity contribution >= 4 is 0 Å². The molecular weight excluding hydrogens is 308 g/mol. The zero-order chi connectivity index (χ0) is 17.1. The lowest BCUT2D eigenvalue weighted by Gasteiger charge is -2.28. The molecule has 0 saturated heterocycles. The van der Waals surface area contributed by atoms with Gasteiger partial charge in [-0.2, -0.15) is 0 Å². The van der Waals surface area contributed by atoms with Gasteiger partial charge < -0.3 is 0 Å². The van der Waals surface area contributed by atoms with Gasteiger partial charge in [0.1, 0.15) is 0 Å². The topological polar surface area (TPSA) is 41.9 Å². The van der Waals surface area contributed by atoms with E-state index >= 15 is 0 Å². The number of nitrogens with zero attached hydrogens (tertiary/aromatic N) is 4. The minimum Gasteiger partial charge on any atom is -0.294 e. The van der Waals surface area contributed by atoms with Crippen molar-refractivity contribution in [3.8, 4) is 11.4 Å². The summed E-state index contributed by atoms with van der Waals surface area (Å²) in [5.41, 5.74) is 6.33. The van der Waals surface area contributed by atoms with Crippen LogP contribution in [0.4, 0.5) is 0 Å². The van der Waals surface area contributed by atoms with Gasteiger partial charge >= 0.3 is 0 Å². The molecule has 0 amide bonds. The molecule has 4 heteroatoms. The van der Waals surface area contributed by atoms with Crippen molar-refractivity contribution in [3.05, 3.63) is 77.4 Å². The van der Waals surface area contributed by atoms with Gasteiger partial charge in [-0.15, -0.1) is 0 Å². The van der Waals surface area contributed by atoms with Crippen molar-refractivity contribution in [2.75, 3.05) is 6.54 Å². The van der Waals surface area contributed by atoms with Gasteiger partial charge in [-0.1, -0.05) is 31.2 Å². The minimum atomic E-state index is 0.797. The van der Waals surface area contributed by atoms with Gasteiger partial charge in [0.25, 0.3) is 0 Å². The monoisotopic (exact) mass is 330 g/mol. The molecule has 1 aromatic carbocycles. The molecule has 0 unspecified atom stereocenters. The van der Waals surface area contributed by atoms with Gasteiger partial charge in [0, 0.05) is 55.8 Å². The summed E-state index contributed by atoms with van der Waals surface area (Å²) < 4.78 is 0. The van der Waals surface area contributed by atoms with Crippen molar-refractivity contribution in [1.82, 2.24) is 19.9 Å². The summed E-state index contributed by atoms with van der Waals surface area (Å²) in [5, 5.41) is 0. The van der Waals surface area contributed by atoms with Crippen LogP contribution in [0.2, 0.25) is 0 Å². The fourth-order valence-corrected chi connectivity index (χ4v) is 3.45. The second-order valence-electron chi connectivity index (χ2n) is 6.48.